The van der Waals surface area contributed by atoms with Gasteiger partial charge < -0.3 is 9.80 Å². The third-order valence-corrected chi connectivity index (χ3v) is 7.30. The Morgan fingerprint density at radius 1 is 0.968 bits per heavy atom. The van der Waals surface area contributed by atoms with Crippen LogP contribution in [0.15, 0.2) is 4.79 Å². The second-order valence-electron chi connectivity index (χ2n) is 9.15. The van der Waals surface area contributed by atoms with E-state index in [1.807, 2.05) is 0 Å². The lowest BCUT2D eigenvalue weighted by Crippen LogP contribution is -2.41. The average Bonchev–Trinajstić information content (AvgIpc) is 3.40. The van der Waals surface area contributed by atoms with Gasteiger partial charge in [0.1, 0.15) is 0 Å². The monoisotopic (exact) mass is 427 g/mol. The number of amides is 3. The van der Waals surface area contributed by atoms with Crippen LogP contribution < -0.4 is 10.5 Å². The minimum atomic E-state index is -0.182. The average molecular weight is 428 g/mol. The zero-order valence-electron chi connectivity index (χ0n) is 17.8. The summed E-state index contributed by atoms with van der Waals surface area (Å²) in [5, 5.41) is 0. The molecule has 0 spiro atoms. The van der Waals surface area contributed by atoms with Crippen LogP contribution in [-0.2, 0) is 27.3 Å². The Morgan fingerprint density at radius 2 is 1.65 bits per heavy atom. The van der Waals surface area contributed by atoms with Crippen molar-refractivity contribution in [2.45, 2.75) is 57.9 Å². The van der Waals surface area contributed by atoms with Crippen LogP contribution in [0.5, 0.6) is 0 Å². The van der Waals surface area contributed by atoms with Gasteiger partial charge in [-0.25, -0.2) is 4.98 Å². The van der Waals surface area contributed by atoms with Gasteiger partial charge in [0.2, 0.25) is 23.7 Å². The van der Waals surface area contributed by atoms with Crippen molar-refractivity contribution in [2.24, 2.45) is 11.8 Å². The first-order chi connectivity index (χ1) is 15.0. The summed E-state index contributed by atoms with van der Waals surface area (Å²) in [6.45, 7) is 2.65. The summed E-state index contributed by atoms with van der Waals surface area (Å²) >= 11 is 0. The molecule has 1 aromatic rings. The molecule has 1 saturated carbocycles. The van der Waals surface area contributed by atoms with Crippen LogP contribution in [0.2, 0.25) is 0 Å². The first kappa shape index (κ1) is 20.2. The van der Waals surface area contributed by atoms with Gasteiger partial charge in [0.05, 0.1) is 24.1 Å². The van der Waals surface area contributed by atoms with Crippen LogP contribution >= 0.6 is 0 Å². The van der Waals surface area contributed by atoms with Crippen LogP contribution in [0.1, 0.15) is 56.2 Å². The number of fused-ring (bicyclic) bond motifs is 2. The Morgan fingerprint density at radius 3 is 2.32 bits per heavy atom. The fraction of sp³-hybridized carbons (Fsp3) is 0.682. The highest BCUT2D eigenvalue weighted by Gasteiger charge is 2.48. The molecule has 2 atom stereocenters. The molecule has 3 amide bonds. The fourth-order valence-electron chi connectivity index (χ4n) is 5.54. The van der Waals surface area contributed by atoms with E-state index in [1.54, 1.807) is 4.90 Å². The van der Waals surface area contributed by atoms with E-state index >= 15 is 0 Å². The molecule has 1 N–H and O–H groups in total. The van der Waals surface area contributed by atoms with Crippen molar-refractivity contribution >= 4 is 23.7 Å². The van der Waals surface area contributed by atoms with Gasteiger partial charge in [0, 0.05) is 38.2 Å². The Bertz CT molecular complexity index is 943. The van der Waals surface area contributed by atoms with E-state index in [1.165, 1.54) is 4.90 Å². The molecule has 4 aliphatic rings. The van der Waals surface area contributed by atoms with Gasteiger partial charge in [0.15, 0.2) is 0 Å². The van der Waals surface area contributed by atoms with E-state index in [2.05, 4.69) is 14.9 Å². The highest BCUT2D eigenvalue weighted by Crippen LogP contribution is 2.38. The lowest BCUT2D eigenvalue weighted by atomic mass is 9.81. The van der Waals surface area contributed by atoms with Gasteiger partial charge in [-0.1, -0.05) is 12.8 Å². The number of hydrogen-bond acceptors (Lipinski definition) is 6. The molecule has 0 aromatic carbocycles. The number of H-pyrrole nitrogens is 1. The molecule has 4 heterocycles. The molecule has 3 aliphatic heterocycles. The summed E-state index contributed by atoms with van der Waals surface area (Å²) in [6, 6.07) is 0. The van der Waals surface area contributed by atoms with Crippen molar-refractivity contribution < 1.29 is 14.4 Å². The summed E-state index contributed by atoms with van der Waals surface area (Å²) in [4.78, 5) is 63.3. The van der Waals surface area contributed by atoms with E-state index in [4.69, 9.17) is 0 Å². The van der Waals surface area contributed by atoms with Crippen molar-refractivity contribution in [3.63, 3.8) is 0 Å². The topological polar surface area (TPSA) is 107 Å². The molecular formula is C22H29N5O4. The second kappa shape index (κ2) is 8.09. The number of hydrogen-bond donors (Lipinski definition) is 1. The van der Waals surface area contributed by atoms with Crippen molar-refractivity contribution in [1.82, 2.24) is 19.8 Å². The van der Waals surface area contributed by atoms with Gasteiger partial charge in [-0.15, -0.1) is 0 Å². The maximum Gasteiger partial charge on any atom is 0.255 e. The molecule has 2 saturated heterocycles. The molecule has 166 valence electrons. The summed E-state index contributed by atoms with van der Waals surface area (Å²) in [6.07, 6.45) is 6.30. The number of anilines is 1. The molecule has 1 aliphatic carbocycles. The van der Waals surface area contributed by atoms with Gasteiger partial charge in [-0.2, -0.15) is 0 Å². The Labute approximate surface area is 180 Å². The quantitative estimate of drug-likeness (QED) is 0.713. The fourth-order valence-corrected chi connectivity index (χ4v) is 5.54. The Kier molecular flexibility index (Phi) is 5.27. The second-order valence-corrected chi connectivity index (χ2v) is 9.15. The highest BCUT2D eigenvalue weighted by molar-refractivity contribution is 6.05. The van der Waals surface area contributed by atoms with Crippen LogP contribution in [0.3, 0.4) is 0 Å². The number of nitrogens with zero attached hydrogens (tertiary/aromatic N) is 4. The number of likely N-dealkylation sites (tertiary alicyclic amines) is 1. The predicted molar refractivity (Wildman–Crippen MR) is 112 cm³/mol. The predicted octanol–water partition coefficient (Wildman–Crippen LogP) is 0.820. The number of nitrogens with one attached hydrogen (secondary N) is 1. The molecule has 3 fully saturated rings. The maximum absolute atomic E-state index is 12.9. The maximum atomic E-state index is 12.9. The first-order valence-corrected chi connectivity index (χ1v) is 11.5. The summed E-state index contributed by atoms with van der Waals surface area (Å²) in [5.74, 6) is -0.0847. The largest absolute Gasteiger partial charge is 0.342 e. The number of imide groups is 1. The van der Waals surface area contributed by atoms with Crippen LogP contribution in [0.4, 0.5) is 5.95 Å². The minimum absolute atomic E-state index is 0.102. The van der Waals surface area contributed by atoms with Crippen LogP contribution in [0.25, 0.3) is 0 Å². The van der Waals surface area contributed by atoms with Gasteiger partial charge in [-0.05, 0) is 32.1 Å². The Hall–Kier alpha value is -2.71. The SMILES string of the molecule is O=C(CCN1C(=O)[C@H]2CCCC[C@H]2C1=O)N1CCc2c(nc(N3CCCC3)[nH]c2=O)C1. The zero-order valence-corrected chi connectivity index (χ0v) is 17.8. The molecule has 9 nitrogen and oxygen atoms in total. The van der Waals surface area contributed by atoms with E-state index in [0.29, 0.717) is 36.7 Å². The van der Waals surface area contributed by atoms with E-state index in [0.717, 1.165) is 51.6 Å². The molecule has 0 unspecified atom stereocenters. The smallest absolute Gasteiger partial charge is 0.255 e. The number of carbonyl (C=O) groups excluding carboxylic acids is 3. The molecule has 9 heteroatoms. The highest BCUT2D eigenvalue weighted by atomic mass is 16.2. The third-order valence-electron chi connectivity index (χ3n) is 7.30. The standard InChI is InChI=1S/C22H29N5O4/c28-18(8-12-27-20(30)14-5-1-2-6-15(14)21(27)31)26-11-7-16-17(13-26)23-22(24-19(16)29)25-9-3-4-10-25/h14-15H,1-13H2,(H,23,24,29)/t14-,15+. The summed E-state index contributed by atoms with van der Waals surface area (Å²) in [7, 11) is 0. The zero-order chi connectivity index (χ0) is 21.5. The minimum Gasteiger partial charge on any atom is -0.342 e. The van der Waals surface area contributed by atoms with Gasteiger partial charge >= 0.3 is 0 Å². The molecule has 1 aromatic heterocycles. The van der Waals surface area contributed by atoms with Crippen molar-refractivity contribution in [2.75, 3.05) is 31.1 Å². The van der Waals surface area contributed by atoms with Crippen LogP contribution in [-0.4, -0.2) is 63.7 Å². The third kappa shape index (κ3) is 3.64. The van der Waals surface area contributed by atoms with Gasteiger partial charge in [0.25, 0.3) is 5.56 Å². The number of aromatic amines is 1. The van der Waals surface area contributed by atoms with E-state index in [9.17, 15) is 19.2 Å². The lowest BCUT2D eigenvalue weighted by molar-refractivity contribution is -0.141. The summed E-state index contributed by atoms with van der Waals surface area (Å²) < 4.78 is 0. The van der Waals surface area contributed by atoms with Crippen molar-refractivity contribution in [3.8, 4) is 0 Å². The molecular weight excluding hydrogens is 398 g/mol. The van der Waals surface area contributed by atoms with E-state index in [-0.39, 0.29) is 48.1 Å². The normalized spacial score (nSPS) is 25.7. The first-order valence-electron chi connectivity index (χ1n) is 11.5. The summed E-state index contributed by atoms with van der Waals surface area (Å²) in [5.41, 5.74) is 1.19. The number of aromatic nitrogens is 2. The number of carbonyl (C=O) groups is 3. The van der Waals surface area contributed by atoms with E-state index < -0.39 is 0 Å². The molecule has 31 heavy (non-hydrogen) atoms. The number of rotatable bonds is 4. The molecule has 0 bridgehead atoms. The van der Waals surface area contributed by atoms with Crippen LogP contribution in [0, 0.1) is 11.8 Å². The molecule has 5 rings (SSSR count). The van der Waals surface area contributed by atoms with Crippen molar-refractivity contribution in [3.05, 3.63) is 21.6 Å². The van der Waals surface area contributed by atoms with Crippen molar-refractivity contribution in [1.29, 1.82) is 0 Å². The molecule has 0 radical (unpaired) electrons. The Balaban J connectivity index is 1.24. The van der Waals surface area contributed by atoms with Gasteiger partial charge in [-0.3, -0.25) is 29.1 Å². The lowest BCUT2D eigenvalue weighted by Gasteiger charge is -2.29.